The first-order chi connectivity index (χ1) is 16.0. The predicted octanol–water partition coefficient (Wildman–Crippen LogP) is 4.48. The van der Waals surface area contributed by atoms with Crippen LogP contribution in [0.2, 0.25) is 0 Å². The highest BCUT2D eigenvalue weighted by molar-refractivity contribution is 5.97. The second-order valence-electron chi connectivity index (χ2n) is 7.64. The number of nitrogens with two attached hydrogens (primary N) is 1. The van der Waals surface area contributed by atoms with Crippen LogP contribution < -0.4 is 11.1 Å². The van der Waals surface area contributed by atoms with Crippen LogP contribution in [0.15, 0.2) is 78.0 Å². The number of aryl methyl sites for hydroxylation is 2. The summed E-state index contributed by atoms with van der Waals surface area (Å²) in [5.41, 5.74) is 9.18. The first kappa shape index (κ1) is 22.0. The number of hydrogen-bond acceptors (Lipinski definition) is 5. The van der Waals surface area contributed by atoms with Gasteiger partial charge in [0.25, 0.3) is 0 Å². The van der Waals surface area contributed by atoms with Gasteiger partial charge in [-0.1, -0.05) is 66.7 Å². The Kier molecular flexibility index (Phi) is 6.35. The van der Waals surface area contributed by atoms with Crippen LogP contribution >= 0.6 is 0 Å². The summed E-state index contributed by atoms with van der Waals surface area (Å²) in [6.45, 7) is 2.10. The van der Waals surface area contributed by atoms with Crippen molar-refractivity contribution in [1.82, 2.24) is 14.8 Å². The molecule has 4 N–H and O–H groups in total. The van der Waals surface area contributed by atoms with Crippen molar-refractivity contribution in [2.75, 3.05) is 5.32 Å². The Bertz CT molecular complexity index is 1290. The van der Waals surface area contributed by atoms with E-state index in [9.17, 15) is 4.39 Å². The Morgan fingerprint density at radius 3 is 2.61 bits per heavy atom. The fourth-order valence-electron chi connectivity index (χ4n) is 3.68. The minimum Gasteiger partial charge on any atom is -0.409 e. The van der Waals surface area contributed by atoms with E-state index in [-0.39, 0.29) is 17.4 Å². The van der Waals surface area contributed by atoms with Gasteiger partial charge in [0.15, 0.2) is 17.5 Å². The summed E-state index contributed by atoms with van der Waals surface area (Å²) in [6, 6.07) is 22.0. The summed E-state index contributed by atoms with van der Waals surface area (Å²) in [5.74, 6) is 0.411. The third-order valence-electron chi connectivity index (χ3n) is 5.44. The fraction of sp³-hybridized carbons (Fsp3) is 0.160. The number of nitrogens with one attached hydrogen (secondary N) is 1. The number of aromatic nitrogens is 3. The minimum atomic E-state index is -0.598. The van der Waals surface area contributed by atoms with Crippen LogP contribution in [0.25, 0.3) is 11.4 Å². The van der Waals surface area contributed by atoms with E-state index in [2.05, 4.69) is 34.6 Å². The molecule has 0 fully saturated rings. The maximum atomic E-state index is 14.6. The van der Waals surface area contributed by atoms with Crippen LogP contribution in [-0.4, -0.2) is 25.8 Å². The molecule has 1 atom stereocenters. The van der Waals surface area contributed by atoms with E-state index in [1.165, 1.54) is 17.7 Å². The van der Waals surface area contributed by atoms with Crippen molar-refractivity contribution in [3.05, 3.63) is 101 Å². The number of anilines is 1. The molecule has 1 heterocycles. The largest absolute Gasteiger partial charge is 0.409 e. The highest BCUT2D eigenvalue weighted by Crippen LogP contribution is 2.29. The van der Waals surface area contributed by atoms with Gasteiger partial charge >= 0.3 is 0 Å². The quantitative estimate of drug-likeness (QED) is 0.169. The third kappa shape index (κ3) is 4.69. The fourth-order valence-corrected chi connectivity index (χ4v) is 3.68. The molecule has 0 aliphatic carbocycles. The zero-order valence-electron chi connectivity index (χ0n) is 18.4. The molecule has 0 aliphatic heterocycles. The van der Waals surface area contributed by atoms with Gasteiger partial charge in [-0.05, 0) is 35.7 Å². The number of oxime groups is 1. The molecule has 4 rings (SSSR count). The summed E-state index contributed by atoms with van der Waals surface area (Å²) < 4.78 is 16.4. The topological polar surface area (TPSA) is 101 Å². The average molecular weight is 445 g/mol. The standard InChI is InChI=1S/C25H25FN6O/c1-3-16-8-7-11-18(14-16)22(28-19-12-13-20(21(26)15-19)23(27)31-33)25-29-24(30-32(25)2)17-9-5-4-6-10-17/h4-15,22,28,33H,3H2,1-2H3,(H2,27,31). The maximum Gasteiger partial charge on any atom is 0.181 e. The van der Waals surface area contributed by atoms with E-state index in [1.54, 1.807) is 10.7 Å². The Morgan fingerprint density at radius 1 is 1.12 bits per heavy atom. The lowest BCUT2D eigenvalue weighted by Crippen LogP contribution is -2.18. The second-order valence-corrected chi connectivity index (χ2v) is 7.64. The van der Waals surface area contributed by atoms with Gasteiger partial charge in [-0.3, -0.25) is 4.68 Å². The first-order valence-corrected chi connectivity index (χ1v) is 10.6. The van der Waals surface area contributed by atoms with Crippen molar-refractivity contribution in [2.24, 2.45) is 17.9 Å². The van der Waals surface area contributed by atoms with Crippen LogP contribution in [0.4, 0.5) is 10.1 Å². The molecule has 0 bridgehead atoms. The van der Waals surface area contributed by atoms with Gasteiger partial charge in [-0.25, -0.2) is 9.37 Å². The number of amidine groups is 1. The van der Waals surface area contributed by atoms with Gasteiger partial charge in [0.05, 0.1) is 5.56 Å². The van der Waals surface area contributed by atoms with E-state index in [4.69, 9.17) is 15.9 Å². The van der Waals surface area contributed by atoms with Crippen LogP contribution in [0.3, 0.4) is 0 Å². The van der Waals surface area contributed by atoms with E-state index >= 15 is 0 Å². The second kappa shape index (κ2) is 9.52. The molecule has 0 amide bonds. The highest BCUT2D eigenvalue weighted by Gasteiger charge is 2.22. The summed E-state index contributed by atoms with van der Waals surface area (Å²) in [6.07, 6.45) is 0.887. The summed E-state index contributed by atoms with van der Waals surface area (Å²) in [4.78, 5) is 4.81. The Labute approximate surface area is 191 Å². The lowest BCUT2D eigenvalue weighted by Gasteiger charge is -2.20. The van der Waals surface area contributed by atoms with E-state index in [0.29, 0.717) is 17.3 Å². The number of nitrogens with zero attached hydrogens (tertiary/aromatic N) is 4. The zero-order chi connectivity index (χ0) is 23.4. The molecule has 0 radical (unpaired) electrons. The van der Waals surface area contributed by atoms with E-state index in [0.717, 1.165) is 17.5 Å². The molecule has 0 saturated carbocycles. The van der Waals surface area contributed by atoms with Gasteiger partial charge < -0.3 is 16.3 Å². The zero-order valence-corrected chi connectivity index (χ0v) is 18.4. The van der Waals surface area contributed by atoms with Crippen molar-refractivity contribution >= 4 is 11.5 Å². The molecular weight excluding hydrogens is 419 g/mol. The Balaban J connectivity index is 1.77. The molecule has 1 unspecified atom stereocenters. The van der Waals surface area contributed by atoms with Crippen LogP contribution in [0.5, 0.6) is 0 Å². The van der Waals surface area contributed by atoms with Gasteiger partial charge in [-0.15, -0.1) is 0 Å². The number of benzene rings is 3. The van der Waals surface area contributed by atoms with Gasteiger partial charge in [-0.2, -0.15) is 5.10 Å². The molecule has 7 nitrogen and oxygen atoms in total. The predicted molar refractivity (Wildman–Crippen MR) is 127 cm³/mol. The molecule has 0 saturated heterocycles. The average Bonchev–Trinajstić information content (AvgIpc) is 3.24. The van der Waals surface area contributed by atoms with Crippen molar-refractivity contribution < 1.29 is 9.60 Å². The van der Waals surface area contributed by atoms with Gasteiger partial charge in [0.2, 0.25) is 0 Å². The Morgan fingerprint density at radius 2 is 1.91 bits per heavy atom. The molecule has 1 aromatic heterocycles. The molecule has 8 heteroatoms. The number of halogens is 1. The van der Waals surface area contributed by atoms with Crippen molar-refractivity contribution in [3.63, 3.8) is 0 Å². The molecule has 0 aliphatic rings. The monoisotopic (exact) mass is 444 g/mol. The van der Waals surface area contributed by atoms with Crippen LogP contribution in [-0.2, 0) is 13.5 Å². The summed E-state index contributed by atoms with van der Waals surface area (Å²) in [7, 11) is 1.84. The minimum absolute atomic E-state index is 0.0256. The Hall–Kier alpha value is -4.20. The summed E-state index contributed by atoms with van der Waals surface area (Å²) in [5, 5.41) is 19.7. The molecule has 4 aromatic rings. The molecule has 0 spiro atoms. The summed E-state index contributed by atoms with van der Waals surface area (Å²) >= 11 is 0. The third-order valence-corrected chi connectivity index (χ3v) is 5.44. The van der Waals surface area contributed by atoms with Crippen LogP contribution in [0, 0.1) is 5.82 Å². The maximum absolute atomic E-state index is 14.6. The highest BCUT2D eigenvalue weighted by atomic mass is 19.1. The molecular formula is C25H25FN6O. The lowest BCUT2D eigenvalue weighted by molar-refractivity contribution is 0.318. The molecule has 168 valence electrons. The normalized spacial score (nSPS) is 12.5. The van der Waals surface area contributed by atoms with Crippen LogP contribution in [0.1, 0.15) is 35.5 Å². The first-order valence-electron chi connectivity index (χ1n) is 10.6. The van der Waals surface area contributed by atoms with E-state index in [1.807, 2.05) is 49.5 Å². The van der Waals surface area contributed by atoms with Crippen molar-refractivity contribution in [3.8, 4) is 11.4 Å². The molecule has 33 heavy (non-hydrogen) atoms. The number of hydrogen-bond donors (Lipinski definition) is 3. The van der Waals surface area contributed by atoms with Gasteiger partial charge in [0, 0.05) is 18.3 Å². The van der Waals surface area contributed by atoms with E-state index < -0.39 is 5.82 Å². The van der Waals surface area contributed by atoms with Gasteiger partial charge in [0.1, 0.15) is 11.9 Å². The molecule has 3 aromatic carbocycles. The lowest BCUT2D eigenvalue weighted by atomic mass is 10.0. The van der Waals surface area contributed by atoms with Crippen molar-refractivity contribution in [1.29, 1.82) is 0 Å². The smallest absolute Gasteiger partial charge is 0.181 e. The number of rotatable bonds is 7. The SMILES string of the molecule is CCc1cccc(C(Nc2ccc(C(N)=NO)c(F)c2)c2nc(-c3ccccc3)nn2C)c1. The van der Waals surface area contributed by atoms with Crippen molar-refractivity contribution in [2.45, 2.75) is 19.4 Å².